The van der Waals surface area contributed by atoms with Crippen molar-refractivity contribution in [3.63, 3.8) is 0 Å². The fraction of sp³-hybridized carbons (Fsp3) is 0.114. The molecule has 0 aliphatic carbocycles. The van der Waals surface area contributed by atoms with Crippen molar-refractivity contribution in [2.75, 3.05) is 0 Å². The number of fused-ring (bicyclic) bond motifs is 2. The highest BCUT2D eigenvalue weighted by Crippen LogP contribution is 2.36. The molecule has 240 valence electrons. The highest BCUT2D eigenvalue weighted by molar-refractivity contribution is 6.13. The van der Waals surface area contributed by atoms with Gasteiger partial charge < -0.3 is 4.74 Å². The van der Waals surface area contributed by atoms with Crippen LogP contribution in [0, 0.1) is 13.8 Å². The van der Waals surface area contributed by atoms with Crippen LogP contribution in [0.3, 0.4) is 0 Å². The SMILES string of the molecule is C=Cc1cnc(N=C(C)/C=C(\c2ccccc2C)c2ccc(C3=NNC(c4cccc5ccccc45)O3)c3ccccc23)c(C)c1/C=C\C. The molecular weight excluding hydrogens is 601 g/mol. The zero-order valence-electron chi connectivity index (χ0n) is 28.2. The van der Waals surface area contributed by atoms with Crippen LogP contribution in [0.5, 0.6) is 0 Å². The molecule has 1 atom stereocenters. The van der Waals surface area contributed by atoms with Crippen molar-refractivity contribution >= 4 is 56.7 Å². The van der Waals surface area contributed by atoms with Crippen LogP contribution in [0.1, 0.15) is 64.6 Å². The first-order chi connectivity index (χ1) is 24.0. The summed E-state index contributed by atoms with van der Waals surface area (Å²) < 4.78 is 6.53. The Labute approximate surface area is 287 Å². The lowest BCUT2D eigenvalue weighted by atomic mass is 9.88. The van der Waals surface area contributed by atoms with E-state index >= 15 is 0 Å². The summed E-state index contributed by atoms with van der Waals surface area (Å²) in [5, 5.41) is 9.16. The van der Waals surface area contributed by atoms with Gasteiger partial charge in [-0.3, -0.25) is 5.43 Å². The van der Waals surface area contributed by atoms with Crippen LogP contribution in [0.4, 0.5) is 5.82 Å². The van der Waals surface area contributed by atoms with Gasteiger partial charge in [-0.05, 0) is 94.8 Å². The molecule has 1 N–H and O–H groups in total. The summed E-state index contributed by atoms with van der Waals surface area (Å²) in [4.78, 5) is 9.73. The molecule has 1 unspecified atom stereocenters. The maximum absolute atomic E-state index is 6.53. The van der Waals surface area contributed by atoms with E-state index < -0.39 is 0 Å². The monoisotopic (exact) mass is 638 g/mol. The fourth-order valence-electron chi connectivity index (χ4n) is 6.62. The van der Waals surface area contributed by atoms with Crippen molar-refractivity contribution in [3.05, 3.63) is 173 Å². The lowest BCUT2D eigenvalue weighted by Crippen LogP contribution is -2.13. The molecule has 0 fully saturated rings. The molecule has 6 aromatic rings. The molecule has 1 aliphatic heterocycles. The molecule has 5 heteroatoms. The number of allylic oxidation sites excluding steroid dienone is 2. The normalized spacial score (nSPS) is 15.0. The molecule has 0 amide bonds. The van der Waals surface area contributed by atoms with Crippen molar-refractivity contribution in [1.29, 1.82) is 0 Å². The predicted octanol–water partition coefficient (Wildman–Crippen LogP) is 10.9. The van der Waals surface area contributed by atoms with Gasteiger partial charge in [0.15, 0.2) is 5.82 Å². The Morgan fingerprint density at radius 3 is 2.37 bits per heavy atom. The first-order valence-electron chi connectivity index (χ1n) is 16.5. The third-order valence-corrected chi connectivity index (χ3v) is 9.06. The number of nitrogens with zero attached hydrogens (tertiary/aromatic N) is 3. The minimum atomic E-state index is -0.383. The van der Waals surface area contributed by atoms with E-state index in [-0.39, 0.29) is 6.23 Å². The quantitative estimate of drug-likeness (QED) is 0.169. The Hall–Kier alpha value is -6.07. The first kappa shape index (κ1) is 31.5. The highest BCUT2D eigenvalue weighted by Gasteiger charge is 2.26. The second kappa shape index (κ2) is 13.6. The number of benzene rings is 5. The van der Waals surface area contributed by atoms with Crippen molar-refractivity contribution < 1.29 is 4.74 Å². The van der Waals surface area contributed by atoms with Crippen molar-refractivity contribution in [3.8, 4) is 0 Å². The number of rotatable bonds is 8. The van der Waals surface area contributed by atoms with Crippen molar-refractivity contribution in [2.24, 2.45) is 10.1 Å². The van der Waals surface area contributed by atoms with Gasteiger partial charge in [-0.1, -0.05) is 122 Å². The van der Waals surface area contributed by atoms with Crippen molar-refractivity contribution in [1.82, 2.24) is 10.4 Å². The van der Waals surface area contributed by atoms with Gasteiger partial charge >= 0.3 is 0 Å². The molecule has 49 heavy (non-hydrogen) atoms. The molecule has 5 nitrogen and oxygen atoms in total. The Balaban J connectivity index is 1.31. The molecule has 0 saturated heterocycles. The predicted molar refractivity (Wildman–Crippen MR) is 206 cm³/mol. The Kier molecular flexibility index (Phi) is 8.73. The van der Waals surface area contributed by atoms with Crippen LogP contribution >= 0.6 is 0 Å². The van der Waals surface area contributed by atoms with E-state index in [2.05, 4.69) is 141 Å². The number of hydrogen-bond acceptors (Lipinski definition) is 5. The Bertz CT molecular complexity index is 2360. The van der Waals surface area contributed by atoms with Crippen LogP contribution in [-0.2, 0) is 4.74 Å². The van der Waals surface area contributed by atoms with Gasteiger partial charge in [-0.25, -0.2) is 9.98 Å². The molecule has 7 rings (SSSR count). The van der Waals surface area contributed by atoms with Gasteiger partial charge in [0, 0.05) is 28.6 Å². The molecular formula is C44H38N4O. The lowest BCUT2D eigenvalue weighted by molar-refractivity contribution is 0.193. The lowest BCUT2D eigenvalue weighted by Gasteiger charge is -2.17. The van der Waals surface area contributed by atoms with Gasteiger partial charge in [0.1, 0.15) is 0 Å². The van der Waals surface area contributed by atoms with Crippen LogP contribution in [0.2, 0.25) is 0 Å². The summed E-state index contributed by atoms with van der Waals surface area (Å²) >= 11 is 0. The number of nitrogens with one attached hydrogen (secondary N) is 1. The van der Waals surface area contributed by atoms with Crippen LogP contribution in [-0.4, -0.2) is 16.6 Å². The third kappa shape index (κ3) is 6.07. The molecule has 0 saturated carbocycles. The fourth-order valence-corrected chi connectivity index (χ4v) is 6.62. The first-order valence-corrected chi connectivity index (χ1v) is 16.5. The number of hydrazone groups is 1. The highest BCUT2D eigenvalue weighted by atomic mass is 16.5. The second-order valence-electron chi connectivity index (χ2n) is 12.2. The molecule has 1 aliphatic rings. The zero-order valence-corrected chi connectivity index (χ0v) is 28.2. The molecule has 0 radical (unpaired) electrons. The maximum Gasteiger partial charge on any atom is 0.240 e. The summed E-state index contributed by atoms with van der Waals surface area (Å²) in [6, 6.07) is 35.8. The minimum Gasteiger partial charge on any atom is -0.446 e. The van der Waals surface area contributed by atoms with E-state index in [0.717, 1.165) is 66.4 Å². The van der Waals surface area contributed by atoms with Crippen molar-refractivity contribution in [2.45, 2.75) is 33.9 Å². The van der Waals surface area contributed by atoms with Crippen LogP contribution in [0.15, 0.2) is 138 Å². The summed E-state index contributed by atoms with van der Waals surface area (Å²) in [5.74, 6) is 1.27. The summed E-state index contributed by atoms with van der Waals surface area (Å²) in [6.07, 6.45) is 9.58. The summed E-state index contributed by atoms with van der Waals surface area (Å²) in [6.45, 7) is 12.2. The number of hydrogen-bond donors (Lipinski definition) is 1. The summed E-state index contributed by atoms with van der Waals surface area (Å²) in [7, 11) is 0. The number of aliphatic imine (C=N–C) groups is 1. The maximum atomic E-state index is 6.53. The minimum absolute atomic E-state index is 0.383. The molecule has 2 heterocycles. The second-order valence-corrected chi connectivity index (χ2v) is 12.2. The molecule has 0 bridgehead atoms. The topological polar surface area (TPSA) is 58.9 Å². The number of aryl methyl sites for hydroxylation is 1. The third-order valence-electron chi connectivity index (χ3n) is 9.06. The molecule has 5 aromatic carbocycles. The van der Waals surface area contributed by atoms with E-state index in [9.17, 15) is 0 Å². The van der Waals surface area contributed by atoms with Gasteiger partial charge in [0.05, 0.1) is 0 Å². The van der Waals surface area contributed by atoms with E-state index in [4.69, 9.17) is 19.8 Å². The van der Waals surface area contributed by atoms with Gasteiger partial charge in [-0.2, -0.15) is 0 Å². The average Bonchev–Trinajstić information content (AvgIpc) is 3.62. The number of pyridine rings is 1. The van der Waals surface area contributed by atoms with E-state index in [1.807, 2.05) is 32.2 Å². The summed E-state index contributed by atoms with van der Waals surface area (Å²) in [5.41, 5.74) is 13.7. The number of ether oxygens (including phenoxy) is 1. The largest absolute Gasteiger partial charge is 0.446 e. The molecule has 1 aromatic heterocycles. The molecule has 0 spiro atoms. The zero-order chi connectivity index (χ0) is 33.9. The number of aromatic nitrogens is 1. The average molecular weight is 639 g/mol. The smallest absolute Gasteiger partial charge is 0.240 e. The Morgan fingerprint density at radius 2 is 1.57 bits per heavy atom. The van der Waals surface area contributed by atoms with Crippen LogP contribution in [0.25, 0.3) is 39.3 Å². The van der Waals surface area contributed by atoms with Gasteiger partial charge in [0.2, 0.25) is 12.1 Å². The van der Waals surface area contributed by atoms with Crippen LogP contribution < -0.4 is 5.43 Å². The van der Waals surface area contributed by atoms with E-state index in [1.54, 1.807) is 0 Å². The van der Waals surface area contributed by atoms with E-state index in [1.165, 1.54) is 10.9 Å². The van der Waals surface area contributed by atoms with Gasteiger partial charge in [-0.15, -0.1) is 5.10 Å². The Morgan fingerprint density at radius 1 is 0.837 bits per heavy atom. The van der Waals surface area contributed by atoms with Gasteiger partial charge in [0.25, 0.3) is 0 Å². The standard InChI is InChI=1S/C44H38N4O/c1-6-15-34-30(5)42(45-27-31(34)7-2)46-29(4)26-41(33-19-10-8-16-28(33)3)38-24-25-40(37-22-13-12-21-36(37)38)44-48-47-43(49-44)39-23-14-18-32-17-9-11-20-35(32)39/h6-27,43,47H,2H2,1,3-5H3/b15-6-,41-26+,46-29?. The van der Waals surface area contributed by atoms with E-state index in [0.29, 0.717) is 11.7 Å².